The van der Waals surface area contributed by atoms with E-state index in [1.165, 1.54) is 0 Å². The SMILES string of the molecule is Cc1noc(CC(O)c2ccnn2C)n1. The summed E-state index contributed by atoms with van der Waals surface area (Å²) in [6.07, 6.45) is 1.27. The standard InChI is InChI=1S/C9H12N4O2/c1-6-11-9(15-12-6)5-8(14)7-3-4-10-13(7)2/h3-4,8,14H,5H2,1-2H3. The Morgan fingerprint density at radius 3 is 2.93 bits per heavy atom. The van der Waals surface area contributed by atoms with E-state index in [0.717, 1.165) is 5.69 Å². The van der Waals surface area contributed by atoms with E-state index in [1.54, 1.807) is 30.9 Å². The van der Waals surface area contributed by atoms with Crippen LogP contribution in [-0.2, 0) is 13.5 Å². The van der Waals surface area contributed by atoms with Gasteiger partial charge in [-0.2, -0.15) is 10.1 Å². The number of hydrogen-bond acceptors (Lipinski definition) is 5. The Hall–Kier alpha value is -1.69. The van der Waals surface area contributed by atoms with Crippen molar-refractivity contribution in [3.8, 4) is 0 Å². The lowest BCUT2D eigenvalue weighted by atomic mass is 10.2. The molecule has 2 aromatic heterocycles. The first-order valence-corrected chi connectivity index (χ1v) is 4.62. The lowest BCUT2D eigenvalue weighted by Gasteiger charge is -2.07. The van der Waals surface area contributed by atoms with E-state index >= 15 is 0 Å². The summed E-state index contributed by atoms with van der Waals surface area (Å²) in [4.78, 5) is 4.02. The molecule has 15 heavy (non-hydrogen) atoms. The van der Waals surface area contributed by atoms with Crippen LogP contribution in [0.4, 0.5) is 0 Å². The third-order valence-corrected chi connectivity index (χ3v) is 2.14. The van der Waals surface area contributed by atoms with Crippen molar-refractivity contribution in [3.05, 3.63) is 29.7 Å². The Morgan fingerprint density at radius 2 is 2.40 bits per heavy atom. The molecular formula is C9H12N4O2. The summed E-state index contributed by atoms with van der Waals surface area (Å²) in [6.45, 7) is 1.74. The molecule has 0 aliphatic rings. The maximum Gasteiger partial charge on any atom is 0.229 e. The smallest absolute Gasteiger partial charge is 0.229 e. The van der Waals surface area contributed by atoms with Gasteiger partial charge in [-0.25, -0.2) is 0 Å². The van der Waals surface area contributed by atoms with Crippen molar-refractivity contribution in [2.45, 2.75) is 19.4 Å². The first kappa shape index (κ1) is 9.85. The van der Waals surface area contributed by atoms with E-state index in [9.17, 15) is 5.11 Å². The highest BCUT2D eigenvalue weighted by atomic mass is 16.5. The molecule has 0 aliphatic carbocycles. The number of aromatic nitrogens is 4. The van der Waals surface area contributed by atoms with Crippen LogP contribution in [-0.4, -0.2) is 25.0 Å². The maximum absolute atomic E-state index is 9.86. The minimum absolute atomic E-state index is 0.306. The number of nitrogens with zero attached hydrogens (tertiary/aromatic N) is 4. The molecule has 6 nitrogen and oxygen atoms in total. The van der Waals surface area contributed by atoms with Crippen LogP contribution in [0.25, 0.3) is 0 Å². The maximum atomic E-state index is 9.86. The Kier molecular flexibility index (Phi) is 2.51. The van der Waals surface area contributed by atoms with Gasteiger partial charge < -0.3 is 9.63 Å². The summed E-state index contributed by atoms with van der Waals surface area (Å²) in [5.74, 6) is 1.00. The highest BCUT2D eigenvalue weighted by molar-refractivity contribution is 5.05. The summed E-state index contributed by atoms with van der Waals surface area (Å²) in [5.41, 5.74) is 0.728. The number of hydrogen-bond donors (Lipinski definition) is 1. The fraction of sp³-hybridized carbons (Fsp3) is 0.444. The van der Waals surface area contributed by atoms with Crippen LogP contribution >= 0.6 is 0 Å². The van der Waals surface area contributed by atoms with E-state index < -0.39 is 6.10 Å². The molecule has 1 unspecified atom stereocenters. The molecule has 6 heteroatoms. The average molecular weight is 208 g/mol. The molecule has 0 saturated carbocycles. The fourth-order valence-electron chi connectivity index (χ4n) is 1.40. The number of aryl methyl sites for hydroxylation is 2. The largest absolute Gasteiger partial charge is 0.386 e. The van der Waals surface area contributed by atoms with E-state index in [-0.39, 0.29) is 0 Å². The van der Waals surface area contributed by atoms with Crippen molar-refractivity contribution in [1.82, 2.24) is 19.9 Å². The molecule has 0 amide bonds. The highest BCUT2D eigenvalue weighted by Crippen LogP contribution is 2.15. The Labute approximate surface area is 86.5 Å². The molecule has 80 valence electrons. The molecule has 2 aromatic rings. The van der Waals surface area contributed by atoms with Crippen molar-refractivity contribution in [1.29, 1.82) is 0 Å². The molecular weight excluding hydrogens is 196 g/mol. The molecule has 1 atom stereocenters. The summed E-state index contributed by atoms with van der Waals surface area (Å²) >= 11 is 0. The van der Waals surface area contributed by atoms with Gasteiger partial charge in [-0.3, -0.25) is 4.68 Å². The average Bonchev–Trinajstić information content (AvgIpc) is 2.75. The van der Waals surface area contributed by atoms with E-state index in [2.05, 4.69) is 15.2 Å². The molecule has 0 aromatic carbocycles. The van der Waals surface area contributed by atoms with Crippen LogP contribution in [0.15, 0.2) is 16.8 Å². The van der Waals surface area contributed by atoms with E-state index in [1.807, 2.05) is 0 Å². The van der Waals surface area contributed by atoms with Gasteiger partial charge in [-0.15, -0.1) is 0 Å². The van der Waals surface area contributed by atoms with Crippen molar-refractivity contribution in [2.75, 3.05) is 0 Å². The van der Waals surface area contributed by atoms with E-state index in [4.69, 9.17) is 4.52 Å². The number of aliphatic hydroxyl groups is 1. The predicted octanol–water partition coefficient (Wildman–Crippen LogP) is 0.388. The zero-order valence-electron chi connectivity index (χ0n) is 8.58. The normalized spacial score (nSPS) is 13.0. The molecule has 0 saturated heterocycles. The van der Waals surface area contributed by atoms with Gasteiger partial charge in [0.2, 0.25) is 5.89 Å². The Morgan fingerprint density at radius 1 is 1.60 bits per heavy atom. The summed E-state index contributed by atoms with van der Waals surface area (Å²) in [5, 5.41) is 17.5. The second-order valence-electron chi connectivity index (χ2n) is 3.33. The fourth-order valence-corrected chi connectivity index (χ4v) is 1.40. The number of aliphatic hydroxyl groups excluding tert-OH is 1. The monoisotopic (exact) mass is 208 g/mol. The van der Waals surface area contributed by atoms with Gasteiger partial charge in [0.15, 0.2) is 5.82 Å². The molecule has 0 fully saturated rings. The van der Waals surface area contributed by atoms with E-state index in [0.29, 0.717) is 18.1 Å². The molecule has 0 bridgehead atoms. The van der Waals surface area contributed by atoms with Crippen molar-refractivity contribution < 1.29 is 9.63 Å². The molecule has 0 spiro atoms. The summed E-state index contributed by atoms with van der Waals surface area (Å²) in [7, 11) is 1.78. The Balaban J connectivity index is 2.10. The highest BCUT2D eigenvalue weighted by Gasteiger charge is 2.15. The molecule has 2 rings (SSSR count). The predicted molar refractivity (Wildman–Crippen MR) is 50.9 cm³/mol. The quantitative estimate of drug-likeness (QED) is 0.789. The van der Waals surface area contributed by atoms with Gasteiger partial charge >= 0.3 is 0 Å². The molecule has 2 heterocycles. The summed E-state index contributed by atoms with van der Waals surface area (Å²) in [6, 6.07) is 1.76. The van der Waals surface area contributed by atoms with Crippen LogP contribution in [0.5, 0.6) is 0 Å². The molecule has 1 N–H and O–H groups in total. The molecule has 0 radical (unpaired) electrons. The van der Waals surface area contributed by atoms with Crippen LogP contribution in [0, 0.1) is 6.92 Å². The van der Waals surface area contributed by atoms with Crippen molar-refractivity contribution >= 4 is 0 Å². The van der Waals surface area contributed by atoms with Crippen LogP contribution in [0.1, 0.15) is 23.5 Å². The first-order valence-electron chi connectivity index (χ1n) is 4.62. The third kappa shape index (κ3) is 2.04. The van der Waals surface area contributed by atoms with Crippen LogP contribution < -0.4 is 0 Å². The second kappa shape index (κ2) is 3.82. The lowest BCUT2D eigenvalue weighted by Crippen LogP contribution is -2.08. The van der Waals surface area contributed by atoms with Gasteiger partial charge in [0.05, 0.1) is 12.1 Å². The second-order valence-corrected chi connectivity index (χ2v) is 3.33. The van der Waals surface area contributed by atoms with Gasteiger partial charge in [-0.05, 0) is 13.0 Å². The van der Waals surface area contributed by atoms with Crippen molar-refractivity contribution in [2.24, 2.45) is 7.05 Å². The Bertz CT molecular complexity index is 448. The zero-order valence-corrected chi connectivity index (χ0v) is 8.58. The minimum Gasteiger partial charge on any atom is -0.386 e. The summed E-state index contributed by atoms with van der Waals surface area (Å²) < 4.78 is 6.54. The van der Waals surface area contributed by atoms with Gasteiger partial charge in [0.1, 0.15) is 6.10 Å². The molecule has 0 aliphatic heterocycles. The van der Waals surface area contributed by atoms with Gasteiger partial charge in [-0.1, -0.05) is 5.16 Å². The zero-order chi connectivity index (χ0) is 10.8. The van der Waals surface area contributed by atoms with Crippen molar-refractivity contribution in [3.63, 3.8) is 0 Å². The van der Waals surface area contributed by atoms with Crippen LogP contribution in [0.2, 0.25) is 0 Å². The minimum atomic E-state index is -0.669. The lowest BCUT2D eigenvalue weighted by molar-refractivity contribution is 0.155. The van der Waals surface area contributed by atoms with Gasteiger partial charge in [0.25, 0.3) is 0 Å². The topological polar surface area (TPSA) is 77.0 Å². The van der Waals surface area contributed by atoms with Crippen LogP contribution in [0.3, 0.4) is 0 Å². The number of rotatable bonds is 3. The van der Waals surface area contributed by atoms with Gasteiger partial charge in [0, 0.05) is 13.2 Å². The third-order valence-electron chi connectivity index (χ3n) is 2.14. The first-order chi connectivity index (χ1) is 7.16.